The fraction of sp³-hybridized carbons (Fsp3) is 0.538. The number of ether oxygens (including phenoxy) is 1. The summed E-state index contributed by atoms with van der Waals surface area (Å²) in [5, 5.41) is 10.9. The van der Waals surface area contributed by atoms with Crippen molar-refractivity contribution in [1.29, 1.82) is 0 Å². The quantitative estimate of drug-likeness (QED) is 0.560. The summed E-state index contributed by atoms with van der Waals surface area (Å²) < 4.78 is 7.73. The fourth-order valence-electron chi connectivity index (χ4n) is 6.91. The standard InChI is InChI=1S/C26H31NO4/c1-17-8-22(18(2)27(17)14-19-6-4-3-5-7-19)23(28)15-31-24(29)25-10-20-9-21(11-25)13-26(30,12-20)16-25/h3-8,20-21,30H,9-16H2,1-2H3. The highest BCUT2D eigenvalue weighted by molar-refractivity contribution is 5.99. The molecule has 0 radical (unpaired) electrons. The van der Waals surface area contributed by atoms with Crippen LogP contribution < -0.4 is 0 Å². The second-order valence-electron chi connectivity index (χ2n) is 10.3. The Bertz CT molecular complexity index is 1010. The lowest BCUT2D eigenvalue weighted by atomic mass is 9.48. The minimum Gasteiger partial charge on any atom is -0.457 e. The van der Waals surface area contributed by atoms with Crippen LogP contribution in [0.3, 0.4) is 0 Å². The predicted molar refractivity (Wildman–Crippen MR) is 117 cm³/mol. The van der Waals surface area contributed by atoms with Gasteiger partial charge < -0.3 is 14.4 Å². The van der Waals surface area contributed by atoms with E-state index < -0.39 is 11.0 Å². The zero-order valence-corrected chi connectivity index (χ0v) is 18.4. The molecule has 4 fully saturated rings. The number of hydrogen-bond acceptors (Lipinski definition) is 4. The van der Waals surface area contributed by atoms with Gasteiger partial charge in [-0.25, -0.2) is 0 Å². The van der Waals surface area contributed by atoms with Gasteiger partial charge >= 0.3 is 5.97 Å². The molecule has 2 unspecified atom stereocenters. The van der Waals surface area contributed by atoms with Gasteiger partial charge in [0.05, 0.1) is 11.0 Å². The number of aromatic nitrogens is 1. The maximum Gasteiger partial charge on any atom is 0.312 e. The summed E-state index contributed by atoms with van der Waals surface area (Å²) in [7, 11) is 0. The van der Waals surface area contributed by atoms with Gasteiger partial charge in [-0.1, -0.05) is 30.3 Å². The first-order valence-corrected chi connectivity index (χ1v) is 11.4. The van der Waals surface area contributed by atoms with E-state index in [4.69, 9.17) is 4.74 Å². The van der Waals surface area contributed by atoms with Crippen molar-refractivity contribution in [2.45, 2.75) is 64.5 Å². The minimum absolute atomic E-state index is 0.163. The molecule has 164 valence electrons. The van der Waals surface area contributed by atoms with Crippen molar-refractivity contribution < 1.29 is 19.4 Å². The summed E-state index contributed by atoms with van der Waals surface area (Å²) in [4.78, 5) is 26.0. The Morgan fingerprint density at radius 3 is 2.42 bits per heavy atom. The number of aryl methyl sites for hydroxylation is 1. The molecule has 31 heavy (non-hydrogen) atoms. The van der Waals surface area contributed by atoms with Gasteiger partial charge in [-0.15, -0.1) is 0 Å². The second-order valence-corrected chi connectivity index (χ2v) is 10.3. The SMILES string of the molecule is Cc1cc(C(=O)COC(=O)C23CC4CC(CC(O)(C4)C2)C3)c(C)n1Cc1ccccc1. The molecular formula is C26H31NO4. The van der Waals surface area contributed by atoms with Crippen molar-refractivity contribution in [2.24, 2.45) is 17.3 Å². The zero-order valence-electron chi connectivity index (χ0n) is 18.4. The van der Waals surface area contributed by atoms with Crippen LogP contribution >= 0.6 is 0 Å². The van der Waals surface area contributed by atoms with Gasteiger partial charge in [-0.05, 0) is 75.8 Å². The lowest BCUT2D eigenvalue weighted by molar-refractivity contribution is -0.195. The Kier molecular flexibility index (Phi) is 4.85. The average molecular weight is 422 g/mol. The average Bonchev–Trinajstić information content (AvgIpc) is 2.99. The highest BCUT2D eigenvalue weighted by atomic mass is 16.5. The van der Waals surface area contributed by atoms with E-state index in [1.807, 2.05) is 38.1 Å². The van der Waals surface area contributed by atoms with Crippen molar-refractivity contribution in [1.82, 2.24) is 4.57 Å². The van der Waals surface area contributed by atoms with Crippen molar-refractivity contribution in [3.05, 3.63) is 58.9 Å². The van der Waals surface area contributed by atoms with Crippen LogP contribution in [0.4, 0.5) is 0 Å². The number of ketones is 1. The maximum absolute atomic E-state index is 13.1. The van der Waals surface area contributed by atoms with E-state index in [2.05, 4.69) is 16.7 Å². The highest BCUT2D eigenvalue weighted by Gasteiger charge is 2.60. The molecule has 2 atom stereocenters. The first-order chi connectivity index (χ1) is 14.8. The van der Waals surface area contributed by atoms with Crippen LogP contribution in [-0.4, -0.2) is 33.6 Å². The monoisotopic (exact) mass is 421 g/mol. The molecule has 4 bridgehead atoms. The normalized spacial score (nSPS) is 31.1. The molecular weight excluding hydrogens is 390 g/mol. The molecule has 1 heterocycles. The summed E-state index contributed by atoms with van der Waals surface area (Å²) in [5.41, 5.74) is 2.39. The van der Waals surface area contributed by atoms with Gasteiger partial charge in [0.1, 0.15) is 0 Å². The summed E-state index contributed by atoms with van der Waals surface area (Å²) >= 11 is 0. The van der Waals surface area contributed by atoms with Gasteiger partial charge in [-0.3, -0.25) is 9.59 Å². The number of esters is 1. The Hall–Kier alpha value is -2.40. The number of nitrogens with zero attached hydrogens (tertiary/aromatic N) is 1. The van der Waals surface area contributed by atoms with Crippen molar-refractivity contribution >= 4 is 11.8 Å². The van der Waals surface area contributed by atoms with Crippen molar-refractivity contribution in [3.8, 4) is 0 Å². The number of benzene rings is 1. The number of hydrogen-bond donors (Lipinski definition) is 1. The van der Waals surface area contributed by atoms with Crippen LogP contribution in [0.5, 0.6) is 0 Å². The van der Waals surface area contributed by atoms with Gasteiger partial charge in [0.25, 0.3) is 0 Å². The molecule has 0 spiro atoms. The van der Waals surface area contributed by atoms with E-state index in [0.717, 1.165) is 43.5 Å². The maximum atomic E-state index is 13.1. The first kappa shape index (κ1) is 20.5. The van der Waals surface area contributed by atoms with Gasteiger partial charge in [-0.2, -0.15) is 0 Å². The number of carbonyl (C=O) groups is 2. The zero-order chi connectivity index (χ0) is 21.8. The summed E-state index contributed by atoms with van der Waals surface area (Å²) in [6.07, 6.45) is 4.82. The van der Waals surface area contributed by atoms with Crippen LogP contribution in [0.15, 0.2) is 36.4 Å². The fourth-order valence-corrected chi connectivity index (χ4v) is 6.91. The third-order valence-electron chi connectivity index (χ3n) is 7.86. The molecule has 5 nitrogen and oxygen atoms in total. The van der Waals surface area contributed by atoms with E-state index in [0.29, 0.717) is 30.4 Å². The third kappa shape index (κ3) is 3.63. The van der Waals surface area contributed by atoms with Crippen molar-refractivity contribution in [2.75, 3.05) is 6.61 Å². The van der Waals surface area contributed by atoms with Crippen LogP contribution in [0.2, 0.25) is 0 Å². The number of Topliss-reactive ketones (excluding diaryl/α,β-unsaturated/α-hetero) is 1. The number of aliphatic hydroxyl groups is 1. The van der Waals surface area contributed by atoms with E-state index in [-0.39, 0.29) is 18.4 Å². The van der Waals surface area contributed by atoms with Crippen LogP contribution in [-0.2, 0) is 16.1 Å². The third-order valence-corrected chi connectivity index (χ3v) is 7.86. The Balaban J connectivity index is 1.27. The van der Waals surface area contributed by atoms with E-state index in [1.165, 1.54) is 5.56 Å². The Labute approximate surface area is 183 Å². The van der Waals surface area contributed by atoms with E-state index in [9.17, 15) is 14.7 Å². The molecule has 6 rings (SSSR count). The minimum atomic E-state index is -0.713. The van der Waals surface area contributed by atoms with Crippen LogP contribution in [0.25, 0.3) is 0 Å². The van der Waals surface area contributed by atoms with Crippen molar-refractivity contribution in [3.63, 3.8) is 0 Å². The topological polar surface area (TPSA) is 68.5 Å². The lowest BCUT2D eigenvalue weighted by Gasteiger charge is -2.58. The molecule has 0 aliphatic heterocycles. The molecule has 1 N–H and O–H groups in total. The molecule has 4 aliphatic carbocycles. The molecule has 2 aromatic rings. The van der Waals surface area contributed by atoms with Crippen LogP contribution in [0, 0.1) is 31.1 Å². The summed E-state index contributed by atoms with van der Waals surface area (Å²) in [6.45, 7) is 4.41. The molecule has 4 saturated carbocycles. The molecule has 4 aliphatic rings. The molecule has 5 heteroatoms. The second kappa shape index (κ2) is 7.33. The van der Waals surface area contributed by atoms with Gasteiger partial charge in [0, 0.05) is 23.5 Å². The van der Waals surface area contributed by atoms with Gasteiger partial charge in [0.15, 0.2) is 6.61 Å². The largest absolute Gasteiger partial charge is 0.457 e. The molecule has 0 saturated heterocycles. The molecule has 0 amide bonds. The number of rotatable bonds is 6. The molecule has 1 aromatic carbocycles. The van der Waals surface area contributed by atoms with E-state index >= 15 is 0 Å². The molecule has 1 aromatic heterocycles. The summed E-state index contributed by atoms with van der Waals surface area (Å²) in [6, 6.07) is 12.0. The highest BCUT2D eigenvalue weighted by Crippen LogP contribution is 2.61. The van der Waals surface area contributed by atoms with Gasteiger partial charge in [0.2, 0.25) is 5.78 Å². The Morgan fingerprint density at radius 2 is 1.77 bits per heavy atom. The lowest BCUT2D eigenvalue weighted by Crippen LogP contribution is -2.58. The van der Waals surface area contributed by atoms with Crippen LogP contribution in [0.1, 0.15) is 65.8 Å². The first-order valence-electron chi connectivity index (χ1n) is 11.4. The Morgan fingerprint density at radius 1 is 1.10 bits per heavy atom. The van der Waals surface area contributed by atoms with E-state index in [1.54, 1.807) is 0 Å². The number of carbonyl (C=O) groups excluding carboxylic acids is 2. The smallest absolute Gasteiger partial charge is 0.312 e. The summed E-state index contributed by atoms with van der Waals surface area (Å²) in [5.74, 6) is 0.369. The predicted octanol–water partition coefficient (Wildman–Crippen LogP) is 4.21.